The first kappa shape index (κ1) is 12.0. The summed E-state index contributed by atoms with van der Waals surface area (Å²) in [5.74, 6) is 0.0499. The van der Waals surface area contributed by atoms with Crippen LogP contribution >= 0.6 is 0 Å². The van der Waals surface area contributed by atoms with Crippen LogP contribution in [0.1, 0.15) is 24.8 Å². The van der Waals surface area contributed by atoms with E-state index in [2.05, 4.69) is 0 Å². The topological polar surface area (TPSA) is 46.5 Å². The number of methoxy groups -OCH3 is 1. The van der Waals surface area contributed by atoms with E-state index < -0.39 is 11.4 Å². The molecule has 0 saturated heterocycles. The van der Waals surface area contributed by atoms with Gasteiger partial charge in [-0.05, 0) is 41.3 Å². The van der Waals surface area contributed by atoms with Crippen molar-refractivity contribution in [3.63, 3.8) is 0 Å². The summed E-state index contributed by atoms with van der Waals surface area (Å²) in [7, 11) is 1.63. The van der Waals surface area contributed by atoms with E-state index in [1.165, 1.54) is 0 Å². The van der Waals surface area contributed by atoms with Gasteiger partial charge in [0.05, 0.1) is 12.5 Å². The third-order valence-electron chi connectivity index (χ3n) is 4.22. The number of hydrogen-bond donors (Lipinski definition) is 1. The van der Waals surface area contributed by atoms with E-state index in [4.69, 9.17) is 4.74 Å². The molecule has 3 nitrogen and oxygen atoms in total. The summed E-state index contributed by atoms with van der Waals surface area (Å²) in [5, 5.41) is 11.6. The molecule has 1 aliphatic carbocycles. The average molecular weight is 256 g/mol. The van der Waals surface area contributed by atoms with Crippen molar-refractivity contribution < 1.29 is 14.6 Å². The van der Waals surface area contributed by atoms with E-state index in [1.54, 1.807) is 7.11 Å². The highest BCUT2D eigenvalue weighted by molar-refractivity contribution is 5.94. The van der Waals surface area contributed by atoms with Crippen LogP contribution < -0.4 is 4.74 Å². The van der Waals surface area contributed by atoms with Gasteiger partial charge in [0.1, 0.15) is 5.75 Å². The first-order valence-corrected chi connectivity index (χ1v) is 6.48. The lowest BCUT2D eigenvalue weighted by Gasteiger charge is -2.38. The Morgan fingerprint density at radius 1 is 1.26 bits per heavy atom. The molecule has 19 heavy (non-hydrogen) atoms. The van der Waals surface area contributed by atoms with Crippen LogP contribution in [-0.4, -0.2) is 18.2 Å². The Hall–Kier alpha value is -2.03. The molecule has 0 aromatic heterocycles. The van der Waals surface area contributed by atoms with Crippen LogP contribution in [0.3, 0.4) is 0 Å². The minimum absolute atomic E-state index is 0.703. The molecule has 1 aliphatic rings. The third-order valence-corrected chi connectivity index (χ3v) is 4.22. The van der Waals surface area contributed by atoms with E-state index in [0.29, 0.717) is 0 Å². The number of hydrogen-bond acceptors (Lipinski definition) is 2. The van der Waals surface area contributed by atoms with Gasteiger partial charge in [-0.2, -0.15) is 0 Å². The van der Waals surface area contributed by atoms with Crippen molar-refractivity contribution in [2.24, 2.45) is 0 Å². The lowest BCUT2D eigenvalue weighted by atomic mass is 9.63. The fourth-order valence-corrected chi connectivity index (χ4v) is 2.92. The maximum atomic E-state index is 11.7. The number of aliphatic carboxylic acids is 1. The smallest absolute Gasteiger partial charge is 0.314 e. The molecule has 0 amide bonds. The molecule has 0 radical (unpaired) electrons. The molecule has 3 rings (SSSR count). The number of carboxylic acids is 1. The summed E-state index contributed by atoms with van der Waals surface area (Å²) >= 11 is 0. The lowest BCUT2D eigenvalue weighted by Crippen LogP contribution is -2.42. The molecular weight excluding hydrogens is 240 g/mol. The van der Waals surface area contributed by atoms with Gasteiger partial charge in [-0.25, -0.2) is 0 Å². The van der Waals surface area contributed by atoms with E-state index in [-0.39, 0.29) is 0 Å². The highest BCUT2D eigenvalue weighted by Gasteiger charge is 2.46. The normalized spacial score (nSPS) is 16.9. The van der Waals surface area contributed by atoms with Crippen LogP contribution in [0.25, 0.3) is 10.8 Å². The Balaban J connectivity index is 2.25. The van der Waals surface area contributed by atoms with E-state index in [9.17, 15) is 9.90 Å². The second kappa shape index (κ2) is 4.26. The Bertz CT molecular complexity index is 641. The molecule has 3 heteroatoms. The number of rotatable bonds is 3. The maximum Gasteiger partial charge on any atom is 0.314 e. The molecule has 1 N–H and O–H groups in total. The zero-order chi connectivity index (χ0) is 13.5. The van der Waals surface area contributed by atoms with Crippen molar-refractivity contribution in [2.75, 3.05) is 7.11 Å². The molecule has 2 aromatic rings. The van der Waals surface area contributed by atoms with Crippen LogP contribution in [0.15, 0.2) is 36.4 Å². The monoisotopic (exact) mass is 256 g/mol. The Labute approximate surface area is 111 Å². The Morgan fingerprint density at radius 2 is 2.05 bits per heavy atom. The Kier molecular flexibility index (Phi) is 2.70. The van der Waals surface area contributed by atoms with Crippen LogP contribution in [0, 0.1) is 0 Å². The number of ether oxygens (including phenoxy) is 1. The minimum atomic E-state index is -0.714. The maximum absolute atomic E-state index is 11.7. The highest BCUT2D eigenvalue weighted by Crippen LogP contribution is 2.46. The van der Waals surface area contributed by atoms with Crippen molar-refractivity contribution in [1.82, 2.24) is 0 Å². The van der Waals surface area contributed by atoms with E-state index >= 15 is 0 Å². The summed E-state index contributed by atoms with van der Waals surface area (Å²) in [4.78, 5) is 11.7. The van der Waals surface area contributed by atoms with Gasteiger partial charge < -0.3 is 9.84 Å². The van der Waals surface area contributed by atoms with Crippen LogP contribution in [0.4, 0.5) is 0 Å². The molecule has 0 aliphatic heterocycles. The molecule has 0 atom stereocenters. The quantitative estimate of drug-likeness (QED) is 0.916. The molecule has 2 aromatic carbocycles. The number of fused-ring (bicyclic) bond motifs is 1. The zero-order valence-electron chi connectivity index (χ0n) is 10.8. The van der Waals surface area contributed by atoms with Crippen molar-refractivity contribution in [3.8, 4) is 5.75 Å². The second-order valence-electron chi connectivity index (χ2n) is 5.13. The Morgan fingerprint density at radius 3 is 2.63 bits per heavy atom. The molecule has 1 fully saturated rings. The van der Waals surface area contributed by atoms with Gasteiger partial charge in [0.2, 0.25) is 0 Å². The van der Waals surface area contributed by atoms with Gasteiger partial charge in [0.25, 0.3) is 0 Å². The van der Waals surface area contributed by atoms with Crippen LogP contribution in [0.2, 0.25) is 0 Å². The first-order valence-electron chi connectivity index (χ1n) is 6.48. The summed E-state index contributed by atoms with van der Waals surface area (Å²) in [5.41, 5.74) is 0.217. The summed E-state index contributed by atoms with van der Waals surface area (Å²) in [6.07, 6.45) is 2.42. The largest absolute Gasteiger partial charge is 0.497 e. The highest BCUT2D eigenvalue weighted by atomic mass is 16.5. The van der Waals surface area contributed by atoms with Gasteiger partial charge in [-0.3, -0.25) is 4.79 Å². The van der Waals surface area contributed by atoms with Crippen molar-refractivity contribution in [1.29, 1.82) is 0 Å². The standard InChI is InChI=1S/C16H16O3/c1-19-12-7-6-11-4-2-5-14(13(11)10-12)16(15(17)18)8-3-9-16/h2,4-7,10H,3,8-9H2,1H3,(H,17,18). The number of benzene rings is 2. The van der Waals surface area contributed by atoms with Crippen molar-refractivity contribution >= 4 is 16.7 Å². The molecule has 1 saturated carbocycles. The molecule has 0 heterocycles. The average Bonchev–Trinajstić information content (AvgIpc) is 2.36. The van der Waals surface area contributed by atoms with Gasteiger partial charge >= 0.3 is 5.97 Å². The van der Waals surface area contributed by atoms with Gasteiger partial charge in [0, 0.05) is 0 Å². The molecule has 0 spiro atoms. The predicted molar refractivity (Wildman–Crippen MR) is 73.7 cm³/mol. The zero-order valence-corrected chi connectivity index (χ0v) is 10.8. The van der Waals surface area contributed by atoms with Crippen LogP contribution in [-0.2, 0) is 10.2 Å². The molecule has 98 valence electrons. The predicted octanol–water partition coefficient (Wildman–Crippen LogP) is 3.35. The second-order valence-corrected chi connectivity index (χ2v) is 5.13. The summed E-state index contributed by atoms with van der Waals surface area (Å²) in [6.45, 7) is 0. The van der Waals surface area contributed by atoms with E-state index in [0.717, 1.165) is 41.3 Å². The van der Waals surface area contributed by atoms with Crippen LogP contribution in [0.5, 0.6) is 5.75 Å². The van der Waals surface area contributed by atoms with Gasteiger partial charge in [0.15, 0.2) is 0 Å². The third kappa shape index (κ3) is 1.69. The van der Waals surface area contributed by atoms with Gasteiger partial charge in [-0.1, -0.05) is 30.7 Å². The lowest BCUT2D eigenvalue weighted by molar-refractivity contribution is -0.147. The molecule has 0 unspecified atom stereocenters. The van der Waals surface area contributed by atoms with Crippen molar-refractivity contribution in [2.45, 2.75) is 24.7 Å². The summed E-state index contributed by atoms with van der Waals surface area (Å²) in [6, 6.07) is 11.7. The fourth-order valence-electron chi connectivity index (χ4n) is 2.92. The molecular formula is C16H16O3. The minimum Gasteiger partial charge on any atom is -0.497 e. The van der Waals surface area contributed by atoms with E-state index in [1.807, 2.05) is 36.4 Å². The van der Waals surface area contributed by atoms with Gasteiger partial charge in [-0.15, -0.1) is 0 Å². The fraction of sp³-hybridized carbons (Fsp3) is 0.312. The SMILES string of the molecule is COc1ccc2cccc(C3(C(=O)O)CCC3)c2c1. The first-order chi connectivity index (χ1) is 9.17. The molecule has 0 bridgehead atoms. The summed E-state index contributed by atoms with van der Waals surface area (Å²) < 4.78 is 5.25. The number of carbonyl (C=O) groups is 1. The number of carboxylic acid groups (broad SMARTS) is 1. The van der Waals surface area contributed by atoms with Crippen molar-refractivity contribution in [3.05, 3.63) is 42.0 Å².